The molecule has 128 valence electrons. The van der Waals surface area contributed by atoms with E-state index in [-0.39, 0.29) is 24.1 Å². The maximum atomic E-state index is 11.5. The molecular formula is C17H25ClN2O3. The van der Waals surface area contributed by atoms with Gasteiger partial charge in [0.1, 0.15) is 0 Å². The predicted octanol–water partition coefficient (Wildman–Crippen LogP) is 3.80. The number of aliphatic hydroxyl groups is 1. The predicted molar refractivity (Wildman–Crippen MR) is 92.0 cm³/mol. The molecular weight excluding hydrogens is 316 g/mol. The molecule has 0 aromatic heterocycles. The van der Waals surface area contributed by atoms with Crippen LogP contribution in [-0.2, 0) is 6.61 Å². The van der Waals surface area contributed by atoms with Gasteiger partial charge in [-0.2, -0.15) is 0 Å². The van der Waals surface area contributed by atoms with Gasteiger partial charge >= 0.3 is 6.09 Å². The van der Waals surface area contributed by atoms with Crippen LogP contribution >= 0.6 is 11.6 Å². The van der Waals surface area contributed by atoms with Crippen molar-refractivity contribution in [1.82, 2.24) is 4.90 Å². The van der Waals surface area contributed by atoms with E-state index in [1.54, 1.807) is 17.0 Å². The van der Waals surface area contributed by atoms with E-state index < -0.39 is 6.09 Å². The highest BCUT2D eigenvalue weighted by Crippen LogP contribution is 2.34. The van der Waals surface area contributed by atoms with Gasteiger partial charge in [0.15, 0.2) is 0 Å². The average molecular weight is 341 g/mol. The number of nitrogens with one attached hydrogen (secondary N) is 1. The number of anilines is 1. The third-order valence-corrected chi connectivity index (χ3v) is 4.68. The second-order valence-corrected chi connectivity index (χ2v) is 7.62. The Bertz CT molecular complexity index is 571. The summed E-state index contributed by atoms with van der Waals surface area (Å²) in [5, 5.41) is 22.9. The van der Waals surface area contributed by atoms with Gasteiger partial charge in [0.05, 0.1) is 6.61 Å². The van der Waals surface area contributed by atoms with Crippen LogP contribution in [0.15, 0.2) is 18.2 Å². The van der Waals surface area contributed by atoms with Crippen molar-refractivity contribution >= 4 is 23.4 Å². The van der Waals surface area contributed by atoms with Crippen molar-refractivity contribution in [2.75, 3.05) is 11.9 Å². The molecule has 1 heterocycles. The molecule has 6 heteroatoms. The number of piperidine rings is 1. The topological polar surface area (TPSA) is 72.8 Å². The fraction of sp³-hybridized carbons (Fsp3) is 0.588. The van der Waals surface area contributed by atoms with E-state index in [2.05, 4.69) is 26.1 Å². The molecule has 0 spiro atoms. The monoisotopic (exact) mass is 340 g/mol. The number of nitrogens with zero attached hydrogens (tertiary/aromatic N) is 1. The molecule has 1 aliphatic rings. The highest BCUT2D eigenvalue weighted by molar-refractivity contribution is 6.30. The lowest BCUT2D eigenvalue weighted by atomic mass is 9.79. The second kappa shape index (κ2) is 6.97. The number of amides is 1. The molecule has 2 atom stereocenters. The Kier molecular flexibility index (Phi) is 5.42. The fourth-order valence-corrected chi connectivity index (χ4v) is 3.36. The molecule has 5 nitrogen and oxygen atoms in total. The number of carboxylic acid groups (broad SMARTS) is 1. The van der Waals surface area contributed by atoms with Crippen LogP contribution in [0.5, 0.6) is 0 Å². The van der Waals surface area contributed by atoms with Gasteiger partial charge in [-0.1, -0.05) is 38.4 Å². The van der Waals surface area contributed by atoms with E-state index in [9.17, 15) is 15.0 Å². The minimum atomic E-state index is -0.859. The number of halogens is 1. The summed E-state index contributed by atoms with van der Waals surface area (Å²) in [6.07, 6.45) is 0.603. The van der Waals surface area contributed by atoms with Crippen LogP contribution in [0.3, 0.4) is 0 Å². The van der Waals surface area contributed by atoms with Crippen molar-refractivity contribution in [3.63, 3.8) is 0 Å². The van der Waals surface area contributed by atoms with Crippen molar-refractivity contribution in [1.29, 1.82) is 0 Å². The van der Waals surface area contributed by atoms with Crippen LogP contribution < -0.4 is 5.32 Å². The molecule has 23 heavy (non-hydrogen) atoms. The van der Waals surface area contributed by atoms with Gasteiger partial charge in [0.25, 0.3) is 0 Å². The summed E-state index contributed by atoms with van der Waals surface area (Å²) in [5.41, 5.74) is 1.48. The zero-order valence-corrected chi connectivity index (χ0v) is 14.6. The second-order valence-electron chi connectivity index (χ2n) is 7.18. The van der Waals surface area contributed by atoms with E-state index in [0.717, 1.165) is 24.1 Å². The third-order valence-electron chi connectivity index (χ3n) is 4.45. The summed E-state index contributed by atoms with van der Waals surface area (Å²) in [6, 6.07) is 5.46. The Labute approximate surface area is 142 Å². The molecule has 2 unspecified atom stereocenters. The van der Waals surface area contributed by atoms with Gasteiger partial charge < -0.3 is 20.4 Å². The first-order chi connectivity index (χ1) is 10.7. The number of likely N-dealkylation sites (tertiary alicyclic amines) is 1. The Morgan fingerprint density at radius 3 is 2.70 bits per heavy atom. The molecule has 0 saturated carbocycles. The fourth-order valence-electron chi connectivity index (χ4n) is 3.19. The zero-order valence-electron chi connectivity index (χ0n) is 13.8. The molecule has 1 amide bonds. The van der Waals surface area contributed by atoms with E-state index in [0.29, 0.717) is 11.6 Å². The highest BCUT2D eigenvalue weighted by Gasteiger charge is 2.38. The molecule has 1 aliphatic heterocycles. The lowest BCUT2D eigenvalue weighted by Gasteiger charge is -2.45. The molecule has 1 fully saturated rings. The van der Waals surface area contributed by atoms with E-state index in [4.69, 9.17) is 11.6 Å². The summed E-state index contributed by atoms with van der Waals surface area (Å²) in [7, 11) is 0. The van der Waals surface area contributed by atoms with Crippen LogP contribution in [0.2, 0.25) is 5.02 Å². The zero-order chi connectivity index (χ0) is 17.2. The molecule has 3 N–H and O–H groups in total. The maximum absolute atomic E-state index is 11.5. The van der Waals surface area contributed by atoms with Crippen molar-refractivity contribution in [2.45, 2.75) is 52.3 Å². The smallest absolute Gasteiger partial charge is 0.407 e. The molecule has 0 radical (unpaired) electrons. The quantitative estimate of drug-likeness (QED) is 0.782. The molecule has 1 saturated heterocycles. The minimum absolute atomic E-state index is 0.0528. The molecule has 0 aliphatic carbocycles. The molecule has 1 aromatic carbocycles. The van der Waals surface area contributed by atoms with Crippen molar-refractivity contribution in [3.05, 3.63) is 28.8 Å². The first-order valence-electron chi connectivity index (χ1n) is 7.87. The summed E-state index contributed by atoms with van der Waals surface area (Å²) in [5.74, 6) is 0. The summed E-state index contributed by atoms with van der Waals surface area (Å²) < 4.78 is 0. The Hall–Kier alpha value is -1.46. The lowest BCUT2D eigenvalue weighted by molar-refractivity contribution is 0.0557. The SMILES string of the molecule is CC(C)(C)C1CC(Nc2cc(Cl)ccc2CO)CCN1C(=O)O. The van der Waals surface area contributed by atoms with Gasteiger partial charge in [-0.3, -0.25) is 0 Å². The first kappa shape index (κ1) is 17.9. The summed E-state index contributed by atoms with van der Waals surface area (Å²) in [4.78, 5) is 13.0. The number of carbonyl (C=O) groups is 1. The van der Waals surface area contributed by atoms with Gasteiger partial charge in [-0.25, -0.2) is 4.79 Å². The van der Waals surface area contributed by atoms with E-state index >= 15 is 0 Å². The van der Waals surface area contributed by atoms with Crippen LogP contribution in [0, 0.1) is 5.41 Å². The molecule has 2 rings (SSSR count). The molecule has 0 bridgehead atoms. The number of rotatable bonds is 3. The van der Waals surface area contributed by atoms with Crippen LogP contribution in [-0.4, -0.2) is 39.8 Å². The first-order valence-corrected chi connectivity index (χ1v) is 8.25. The normalized spacial score (nSPS) is 22.0. The minimum Gasteiger partial charge on any atom is -0.465 e. The number of aliphatic hydroxyl groups excluding tert-OH is 1. The molecule has 1 aromatic rings. The maximum Gasteiger partial charge on any atom is 0.407 e. The van der Waals surface area contributed by atoms with Crippen LogP contribution in [0.4, 0.5) is 10.5 Å². The Morgan fingerprint density at radius 2 is 2.13 bits per heavy atom. The van der Waals surface area contributed by atoms with Gasteiger partial charge in [-0.05, 0) is 30.4 Å². The van der Waals surface area contributed by atoms with Gasteiger partial charge in [-0.15, -0.1) is 0 Å². The Balaban J connectivity index is 2.17. The summed E-state index contributed by atoms with van der Waals surface area (Å²) >= 11 is 6.05. The summed E-state index contributed by atoms with van der Waals surface area (Å²) in [6.45, 7) is 6.64. The largest absolute Gasteiger partial charge is 0.465 e. The third kappa shape index (κ3) is 4.30. The lowest BCUT2D eigenvalue weighted by Crippen LogP contribution is -2.54. The van der Waals surface area contributed by atoms with Gasteiger partial charge in [0.2, 0.25) is 0 Å². The van der Waals surface area contributed by atoms with E-state index in [1.165, 1.54) is 0 Å². The van der Waals surface area contributed by atoms with Crippen molar-refractivity contribution < 1.29 is 15.0 Å². The standard InChI is InChI=1S/C17H25ClN2O3/c1-17(2,3)15-9-13(6-7-20(15)16(22)23)19-14-8-12(18)5-4-11(14)10-21/h4-5,8,13,15,19,21H,6-7,9-10H2,1-3H3,(H,22,23). The van der Waals surface area contributed by atoms with E-state index in [1.807, 2.05) is 6.07 Å². The number of hydrogen-bond donors (Lipinski definition) is 3. The van der Waals surface area contributed by atoms with Crippen LogP contribution in [0.25, 0.3) is 0 Å². The van der Waals surface area contributed by atoms with Crippen LogP contribution in [0.1, 0.15) is 39.2 Å². The van der Waals surface area contributed by atoms with Gasteiger partial charge in [0, 0.05) is 34.9 Å². The van der Waals surface area contributed by atoms with Crippen molar-refractivity contribution in [3.8, 4) is 0 Å². The number of benzene rings is 1. The average Bonchev–Trinajstić information content (AvgIpc) is 2.46. The Morgan fingerprint density at radius 1 is 1.43 bits per heavy atom. The highest BCUT2D eigenvalue weighted by atomic mass is 35.5. The number of hydrogen-bond acceptors (Lipinski definition) is 3. The van der Waals surface area contributed by atoms with Crippen molar-refractivity contribution in [2.24, 2.45) is 5.41 Å².